The summed E-state index contributed by atoms with van der Waals surface area (Å²) in [6, 6.07) is 12.9. The molecule has 1 aliphatic heterocycles. The van der Waals surface area contributed by atoms with Gasteiger partial charge in [0.25, 0.3) is 0 Å². The van der Waals surface area contributed by atoms with Crippen LogP contribution in [0.15, 0.2) is 55.0 Å². The minimum Gasteiger partial charge on any atom is -0.361 e. The number of aromatic nitrogens is 3. The Morgan fingerprint density at radius 2 is 1.90 bits per heavy atom. The van der Waals surface area contributed by atoms with E-state index in [9.17, 15) is 0 Å². The van der Waals surface area contributed by atoms with Crippen LogP contribution < -0.4 is 5.32 Å². The van der Waals surface area contributed by atoms with Gasteiger partial charge in [-0.2, -0.15) is 0 Å². The van der Waals surface area contributed by atoms with Crippen molar-refractivity contribution in [1.82, 2.24) is 14.5 Å². The average Bonchev–Trinajstić information content (AvgIpc) is 3.11. The maximum Gasteiger partial charge on any atom is 0.148 e. The fourth-order valence-corrected chi connectivity index (χ4v) is 3.03. The monoisotopic (exact) mass is 276 g/mol. The third-order valence-electron chi connectivity index (χ3n) is 4.01. The van der Waals surface area contributed by atoms with Gasteiger partial charge in [-0.15, -0.1) is 0 Å². The van der Waals surface area contributed by atoms with Gasteiger partial charge in [-0.25, -0.2) is 4.98 Å². The first kappa shape index (κ1) is 12.1. The molecule has 0 aliphatic carbocycles. The number of rotatable bonds is 2. The van der Waals surface area contributed by atoms with Crippen molar-refractivity contribution in [3.8, 4) is 11.3 Å². The fraction of sp³-hybridized carbons (Fsp3) is 0.176. The average molecular weight is 276 g/mol. The molecule has 4 rings (SSSR count). The quantitative estimate of drug-likeness (QED) is 0.781. The van der Waals surface area contributed by atoms with E-state index in [0.29, 0.717) is 0 Å². The molecule has 0 fully saturated rings. The van der Waals surface area contributed by atoms with E-state index >= 15 is 0 Å². The van der Waals surface area contributed by atoms with E-state index in [0.717, 1.165) is 17.9 Å². The first-order valence-corrected chi connectivity index (χ1v) is 7.10. The van der Waals surface area contributed by atoms with E-state index in [1.165, 1.54) is 16.8 Å². The zero-order valence-electron chi connectivity index (χ0n) is 11.8. The lowest BCUT2D eigenvalue weighted by Gasteiger charge is -2.14. The summed E-state index contributed by atoms with van der Waals surface area (Å²) >= 11 is 0. The van der Waals surface area contributed by atoms with Gasteiger partial charge in [0.05, 0.1) is 17.4 Å². The molecule has 1 N–H and O–H groups in total. The Bertz CT molecular complexity index is 751. The van der Waals surface area contributed by atoms with Crippen LogP contribution in [0, 0.1) is 0 Å². The Kier molecular flexibility index (Phi) is 2.74. The summed E-state index contributed by atoms with van der Waals surface area (Å²) in [6.45, 7) is 0. The van der Waals surface area contributed by atoms with Crippen molar-refractivity contribution in [2.24, 2.45) is 7.05 Å². The number of nitrogens with zero attached hydrogens (tertiary/aromatic N) is 3. The summed E-state index contributed by atoms with van der Waals surface area (Å²) in [7, 11) is 2.09. The van der Waals surface area contributed by atoms with E-state index in [1.54, 1.807) is 12.4 Å². The van der Waals surface area contributed by atoms with Gasteiger partial charge in [0, 0.05) is 37.6 Å². The molecule has 0 radical (unpaired) electrons. The Morgan fingerprint density at radius 3 is 2.71 bits per heavy atom. The molecular formula is C17H16N4. The number of benzene rings is 1. The number of hydrogen-bond acceptors (Lipinski definition) is 3. The molecule has 4 heteroatoms. The molecule has 0 amide bonds. The molecule has 0 spiro atoms. The zero-order chi connectivity index (χ0) is 14.2. The smallest absolute Gasteiger partial charge is 0.148 e. The normalized spacial score (nSPS) is 16.5. The number of aryl methyl sites for hydroxylation is 1. The fourth-order valence-electron chi connectivity index (χ4n) is 3.03. The summed E-state index contributed by atoms with van der Waals surface area (Å²) < 4.78 is 2.18. The minimum absolute atomic E-state index is 0.235. The molecule has 1 aromatic carbocycles. The van der Waals surface area contributed by atoms with Crippen LogP contribution in [-0.2, 0) is 13.5 Å². The van der Waals surface area contributed by atoms with Crippen LogP contribution in [-0.4, -0.2) is 14.5 Å². The van der Waals surface area contributed by atoms with Crippen LogP contribution in [0.2, 0.25) is 0 Å². The van der Waals surface area contributed by atoms with Crippen LogP contribution in [0.25, 0.3) is 11.3 Å². The van der Waals surface area contributed by atoms with Crippen molar-refractivity contribution in [1.29, 1.82) is 0 Å². The van der Waals surface area contributed by atoms with Crippen LogP contribution in [0.3, 0.4) is 0 Å². The molecular weight excluding hydrogens is 260 g/mol. The first-order valence-electron chi connectivity index (χ1n) is 7.10. The number of hydrogen-bond donors (Lipinski definition) is 1. The molecule has 3 aromatic rings. The third-order valence-corrected chi connectivity index (χ3v) is 4.01. The standard InChI is InChI=1S/C17H16N4/c1-21-10-7-13(16(21)12-5-3-2-4-6-12)14-11-15-17(20-14)19-9-8-18-15/h2-10,14H,11H2,1H3,(H,19,20). The van der Waals surface area contributed by atoms with Crippen molar-refractivity contribution in [3.05, 3.63) is 66.2 Å². The molecule has 0 saturated heterocycles. The lowest BCUT2D eigenvalue weighted by Crippen LogP contribution is -2.07. The molecule has 0 bridgehead atoms. The van der Waals surface area contributed by atoms with Crippen molar-refractivity contribution in [2.75, 3.05) is 5.32 Å². The minimum atomic E-state index is 0.235. The van der Waals surface area contributed by atoms with Crippen molar-refractivity contribution in [3.63, 3.8) is 0 Å². The predicted molar refractivity (Wildman–Crippen MR) is 82.9 cm³/mol. The Labute approximate surface area is 123 Å². The van der Waals surface area contributed by atoms with E-state index in [4.69, 9.17) is 0 Å². The van der Waals surface area contributed by atoms with E-state index < -0.39 is 0 Å². The summed E-state index contributed by atoms with van der Waals surface area (Å²) in [5.41, 5.74) is 4.83. The summed E-state index contributed by atoms with van der Waals surface area (Å²) in [6.07, 6.45) is 6.49. The highest BCUT2D eigenvalue weighted by Gasteiger charge is 2.27. The zero-order valence-corrected chi connectivity index (χ0v) is 11.8. The SMILES string of the molecule is Cn1ccc(C2Cc3nccnc3N2)c1-c1ccccc1. The topological polar surface area (TPSA) is 42.7 Å². The van der Waals surface area contributed by atoms with Crippen LogP contribution in [0.5, 0.6) is 0 Å². The second-order valence-electron chi connectivity index (χ2n) is 5.35. The molecule has 1 unspecified atom stereocenters. The molecule has 3 heterocycles. The van der Waals surface area contributed by atoms with Gasteiger partial charge in [-0.1, -0.05) is 30.3 Å². The van der Waals surface area contributed by atoms with Gasteiger partial charge in [-0.05, 0) is 11.6 Å². The lowest BCUT2D eigenvalue weighted by atomic mass is 10.0. The van der Waals surface area contributed by atoms with Crippen LogP contribution in [0.4, 0.5) is 5.82 Å². The molecule has 2 aromatic heterocycles. The van der Waals surface area contributed by atoms with Gasteiger partial charge in [-0.3, -0.25) is 4.98 Å². The summed E-state index contributed by atoms with van der Waals surface area (Å²) in [5.74, 6) is 0.908. The molecule has 21 heavy (non-hydrogen) atoms. The summed E-state index contributed by atoms with van der Waals surface area (Å²) in [5, 5.41) is 3.49. The third kappa shape index (κ3) is 2.00. The first-order chi connectivity index (χ1) is 10.3. The highest BCUT2D eigenvalue weighted by molar-refractivity contribution is 5.67. The lowest BCUT2D eigenvalue weighted by molar-refractivity contribution is 0.806. The molecule has 4 nitrogen and oxygen atoms in total. The van der Waals surface area contributed by atoms with Crippen LogP contribution in [0.1, 0.15) is 17.3 Å². The molecule has 104 valence electrons. The van der Waals surface area contributed by atoms with E-state index in [2.05, 4.69) is 63.4 Å². The molecule has 0 saturated carbocycles. The van der Waals surface area contributed by atoms with Gasteiger partial charge in [0.1, 0.15) is 5.82 Å². The second kappa shape index (κ2) is 4.74. The Balaban J connectivity index is 1.75. The van der Waals surface area contributed by atoms with Crippen molar-refractivity contribution in [2.45, 2.75) is 12.5 Å². The molecule has 1 atom stereocenters. The highest BCUT2D eigenvalue weighted by atomic mass is 15.1. The number of anilines is 1. The van der Waals surface area contributed by atoms with Gasteiger partial charge >= 0.3 is 0 Å². The van der Waals surface area contributed by atoms with Gasteiger partial charge in [0.15, 0.2) is 0 Å². The predicted octanol–water partition coefficient (Wildman–Crippen LogP) is 3.19. The van der Waals surface area contributed by atoms with Gasteiger partial charge in [0.2, 0.25) is 0 Å². The van der Waals surface area contributed by atoms with E-state index in [-0.39, 0.29) is 6.04 Å². The van der Waals surface area contributed by atoms with E-state index in [1.807, 2.05) is 6.07 Å². The van der Waals surface area contributed by atoms with Gasteiger partial charge < -0.3 is 9.88 Å². The van der Waals surface area contributed by atoms with Crippen molar-refractivity contribution < 1.29 is 0 Å². The molecule has 1 aliphatic rings. The largest absolute Gasteiger partial charge is 0.361 e. The Morgan fingerprint density at radius 1 is 1.10 bits per heavy atom. The van der Waals surface area contributed by atoms with Crippen LogP contribution >= 0.6 is 0 Å². The highest BCUT2D eigenvalue weighted by Crippen LogP contribution is 2.36. The maximum atomic E-state index is 4.41. The van der Waals surface area contributed by atoms with Crippen molar-refractivity contribution >= 4 is 5.82 Å². The summed E-state index contributed by atoms with van der Waals surface area (Å²) in [4.78, 5) is 8.78. The number of fused-ring (bicyclic) bond motifs is 1. The second-order valence-corrected chi connectivity index (χ2v) is 5.35. The maximum absolute atomic E-state index is 4.41. The number of nitrogens with one attached hydrogen (secondary N) is 1. The Hall–Kier alpha value is -2.62.